The second-order valence-corrected chi connectivity index (χ2v) is 9.87. The van der Waals surface area contributed by atoms with Crippen LogP contribution in [-0.4, -0.2) is 59.2 Å². The second-order valence-electron chi connectivity index (χ2n) is 8.61. The highest BCUT2D eigenvalue weighted by atomic mass is 35.5. The number of amides is 3. The monoisotopic (exact) mass is 423 g/mol. The molecule has 4 atom stereocenters. The van der Waals surface area contributed by atoms with E-state index in [1.807, 2.05) is 17.2 Å². The van der Waals surface area contributed by atoms with E-state index in [0.29, 0.717) is 22.9 Å². The highest BCUT2D eigenvalue weighted by Gasteiger charge is 2.54. The van der Waals surface area contributed by atoms with Crippen molar-refractivity contribution in [2.75, 3.05) is 13.6 Å². The number of piperidine rings is 1. The van der Waals surface area contributed by atoms with Gasteiger partial charge in [-0.3, -0.25) is 14.4 Å². The summed E-state index contributed by atoms with van der Waals surface area (Å²) >= 11 is 7.59. The Morgan fingerprint density at radius 1 is 1.29 bits per heavy atom. The van der Waals surface area contributed by atoms with Crippen molar-refractivity contribution in [3.8, 4) is 0 Å². The molecule has 3 amide bonds. The standard InChI is InChI=1S/C20H26ClN3O3S/c1-11-10-28-16(15(11)21)17(25)22-12-8-13-4-5-14(9-12)24(13)19(27)20(2)6-7-23(3)18(20)26/h10,12-14H,4-9H2,1-3H3,(H,22,25)/t12?,13-,14+,20?. The van der Waals surface area contributed by atoms with E-state index >= 15 is 0 Å². The summed E-state index contributed by atoms with van der Waals surface area (Å²) < 4.78 is 0. The van der Waals surface area contributed by atoms with Crippen LogP contribution in [0.25, 0.3) is 0 Å². The van der Waals surface area contributed by atoms with E-state index in [2.05, 4.69) is 5.32 Å². The molecule has 0 aliphatic carbocycles. The molecule has 2 bridgehead atoms. The number of thiophene rings is 1. The zero-order valence-electron chi connectivity index (χ0n) is 16.5. The molecule has 3 fully saturated rings. The summed E-state index contributed by atoms with van der Waals surface area (Å²) in [5.41, 5.74) is -0.0232. The highest BCUT2D eigenvalue weighted by Crippen LogP contribution is 2.42. The number of nitrogens with one attached hydrogen (secondary N) is 1. The van der Waals surface area contributed by atoms with Gasteiger partial charge in [0.25, 0.3) is 5.91 Å². The van der Waals surface area contributed by atoms with Gasteiger partial charge in [0.2, 0.25) is 11.8 Å². The Balaban J connectivity index is 1.45. The number of hydrogen-bond donors (Lipinski definition) is 1. The van der Waals surface area contributed by atoms with Gasteiger partial charge in [0.1, 0.15) is 10.3 Å². The van der Waals surface area contributed by atoms with Crippen LogP contribution in [0.3, 0.4) is 0 Å². The lowest BCUT2D eigenvalue weighted by atomic mass is 9.84. The number of aryl methyl sites for hydroxylation is 1. The van der Waals surface area contributed by atoms with Crippen molar-refractivity contribution in [3.05, 3.63) is 20.8 Å². The Kier molecular flexibility index (Phi) is 4.94. The van der Waals surface area contributed by atoms with Gasteiger partial charge >= 0.3 is 0 Å². The van der Waals surface area contributed by atoms with Crippen molar-refractivity contribution < 1.29 is 14.4 Å². The molecule has 0 aromatic carbocycles. The van der Waals surface area contributed by atoms with Crippen LogP contribution in [0.5, 0.6) is 0 Å². The van der Waals surface area contributed by atoms with E-state index in [-0.39, 0.29) is 35.8 Å². The average molecular weight is 424 g/mol. The largest absolute Gasteiger partial charge is 0.348 e. The quantitative estimate of drug-likeness (QED) is 0.760. The zero-order valence-corrected chi connectivity index (χ0v) is 18.0. The van der Waals surface area contributed by atoms with Crippen LogP contribution in [-0.2, 0) is 9.59 Å². The van der Waals surface area contributed by atoms with Gasteiger partial charge in [-0.2, -0.15) is 0 Å². The predicted molar refractivity (Wildman–Crippen MR) is 109 cm³/mol. The van der Waals surface area contributed by atoms with Crippen molar-refractivity contribution in [3.63, 3.8) is 0 Å². The summed E-state index contributed by atoms with van der Waals surface area (Å²) in [6.07, 6.45) is 3.91. The fourth-order valence-corrected chi connectivity index (χ4v) is 6.15. The van der Waals surface area contributed by atoms with Crippen LogP contribution in [0.1, 0.15) is 54.3 Å². The number of carbonyl (C=O) groups is 3. The van der Waals surface area contributed by atoms with Crippen molar-refractivity contribution in [1.29, 1.82) is 0 Å². The topological polar surface area (TPSA) is 69.7 Å². The minimum atomic E-state index is -0.937. The van der Waals surface area contributed by atoms with Gasteiger partial charge in [0, 0.05) is 31.7 Å². The van der Waals surface area contributed by atoms with Gasteiger partial charge in [-0.25, -0.2) is 0 Å². The molecular formula is C20H26ClN3O3S. The van der Waals surface area contributed by atoms with Gasteiger partial charge in [0.05, 0.1) is 5.02 Å². The summed E-state index contributed by atoms with van der Waals surface area (Å²) in [6, 6.07) is 0.211. The molecule has 0 saturated carbocycles. The molecule has 2 unspecified atom stereocenters. The highest BCUT2D eigenvalue weighted by molar-refractivity contribution is 7.13. The Morgan fingerprint density at radius 3 is 2.43 bits per heavy atom. The first-order chi connectivity index (χ1) is 13.2. The Labute approximate surface area is 174 Å². The molecule has 1 aromatic heterocycles. The molecule has 8 heteroatoms. The number of fused-ring (bicyclic) bond motifs is 2. The Hall–Kier alpha value is -1.60. The van der Waals surface area contributed by atoms with E-state index in [4.69, 9.17) is 11.6 Å². The summed E-state index contributed by atoms with van der Waals surface area (Å²) in [6.45, 7) is 4.31. The van der Waals surface area contributed by atoms with Crippen LogP contribution in [0.4, 0.5) is 0 Å². The van der Waals surface area contributed by atoms with Gasteiger partial charge in [-0.15, -0.1) is 11.3 Å². The lowest BCUT2D eigenvalue weighted by molar-refractivity contribution is -0.153. The van der Waals surface area contributed by atoms with E-state index in [1.165, 1.54) is 11.3 Å². The molecule has 3 saturated heterocycles. The first-order valence-corrected chi connectivity index (χ1v) is 11.1. The number of likely N-dealkylation sites (tertiary alicyclic amines) is 1. The molecule has 28 heavy (non-hydrogen) atoms. The summed E-state index contributed by atoms with van der Waals surface area (Å²) in [7, 11) is 1.76. The van der Waals surface area contributed by atoms with E-state index in [1.54, 1.807) is 18.9 Å². The summed E-state index contributed by atoms with van der Waals surface area (Å²) in [5, 5.41) is 5.53. The molecule has 4 rings (SSSR count). The molecule has 1 N–H and O–H groups in total. The van der Waals surface area contributed by atoms with Gasteiger partial charge in [0.15, 0.2) is 0 Å². The summed E-state index contributed by atoms with van der Waals surface area (Å²) in [5.74, 6) is -0.238. The first-order valence-electron chi connectivity index (χ1n) is 9.85. The third kappa shape index (κ3) is 3.03. The Morgan fingerprint density at radius 2 is 1.93 bits per heavy atom. The van der Waals surface area contributed by atoms with Crippen LogP contribution in [0.15, 0.2) is 5.38 Å². The SMILES string of the molecule is Cc1csc(C(=O)NC2C[C@H]3CC[C@@H](C2)N3C(=O)C2(C)CCN(C)C2=O)c1Cl. The smallest absolute Gasteiger partial charge is 0.263 e. The Bertz CT molecular complexity index is 827. The maximum atomic E-state index is 13.3. The molecule has 0 spiro atoms. The maximum absolute atomic E-state index is 13.3. The van der Waals surface area contributed by atoms with Gasteiger partial charge < -0.3 is 15.1 Å². The number of halogens is 1. The minimum Gasteiger partial charge on any atom is -0.348 e. The fourth-order valence-electron chi connectivity index (χ4n) is 4.96. The maximum Gasteiger partial charge on any atom is 0.263 e. The normalized spacial score (nSPS) is 32.1. The number of rotatable bonds is 3. The van der Waals surface area contributed by atoms with E-state index in [9.17, 15) is 14.4 Å². The average Bonchev–Trinajstić information content (AvgIpc) is 3.23. The fraction of sp³-hybridized carbons (Fsp3) is 0.650. The lowest BCUT2D eigenvalue weighted by Crippen LogP contribution is -2.57. The van der Waals surface area contributed by atoms with Gasteiger partial charge in [-0.1, -0.05) is 11.6 Å². The second kappa shape index (κ2) is 7.02. The van der Waals surface area contributed by atoms with Crippen LogP contribution < -0.4 is 5.32 Å². The minimum absolute atomic E-state index is 0.0299. The van der Waals surface area contributed by atoms with Crippen LogP contribution in [0, 0.1) is 12.3 Å². The van der Waals surface area contributed by atoms with Crippen molar-refractivity contribution in [2.45, 2.75) is 64.1 Å². The molecule has 152 valence electrons. The molecule has 3 aliphatic rings. The third-order valence-corrected chi connectivity index (χ3v) is 8.34. The molecule has 6 nitrogen and oxygen atoms in total. The summed E-state index contributed by atoms with van der Waals surface area (Å²) in [4.78, 5) is 42.7. The van der Waals surface area contributed by atoms with Crippen LogP contribution >= 0.6 is 22.9 Å². The molecule has 3 aliphatic heterocycles. The third-order valence-electron chi connectivity index (χ3n) is 6.65. The molecule has 0 radical (unpaired) electrons. The lowest BCUT2D eigenvalue weighted by Gasteiger charge is -2.42. The van der Waals surface area contributed by atoms with Crippen LogP contribution in [0.2, 0.25) is 5.02 Å². The number of carbonyl (C=O) groups excluding carboxylic acids is 3. The first kappa shape index (κ1) is 19.7. The zero-order chi connectivity index (χ0) is 20.2. The molecule has 4 heterocycles. The number of nitrogens with zero attached hydrogens (tertiary/aromatic N) is 2. The predicted octanol–water partition coefficient (Wildman–Crippen LogP) is 2.83. The van der Waals surface area contributed by atoms with Crippen molar-refractivity contribution >= 4 is 40.7 Å². The van der Waals surface area contributed by atoms with Gasteiger partial charge in [-0.05, 0) is 56.9 Å². The molecule has 1 aromatic rings. The van der Waals surface area contributed by atoms with E-state index < -0.39 is 5.41 Å². The number of hydrogen-bond acceptors (Lipinski definition) is 4. The molecular weight excluding hydrogens is 398 g/mol. The van der Waals surface area contributed by atoms with Crippen molar-refractivity contribution in [2.24, 2.45) is 5.41 Å². The van der Waals surface area contributed by atoms with E-state index in [0.717, 1.165) is 31.2 Å². The van der Waals surface area contributed by atoms with Crippen molar-refractivity contribution in [1.82, 2.24) is 15.1 Å².